The van der Waals surface area contributed by atoms with Gasteiger partial charge in [-0.1, -0.05) is 12.1 Å². The van der Waals surface area contributed by atoms with Gasteiger partial charge in [0.1, 0.15) is 5.82 Å². The lowest BCUT2D eigenvalue weighted by Gasteiger charge is -2.28. The number of aryl methyl sites for hydroxylation is 1. The van der Waals surface area contributed by atoms with Gasteiger partial charge in [0.15, 0.2) is 0 Å². The normalized spacial score (nSPS) is 19.6. The first kappa shape index (κ1) is 18.9. The summed E-state index contributed by atoms with van der Waals surface area (Å²) in [6.07, 6.45) is 8.30. The summed E-state index contributed by atoms with van der Waals surface area (Å²) in [6.45, 7) is 1.89. The van der Waals surface area contributed by atoms with Gasteiger partial charge in [0, 0.05) is 67.3 Å². The number of benzene rings is 1. The number of nitrogens with zero attached hydrogens (tertiary/aromatic N) is 6. The second kappa shape index (κ2) is 7.38. The van der Waals surface area contributed by atoms with Gasteiger partial charge in [-0.25, -0.2) is 15.0 Å². The molecule has 0 aliphatic carbocycles. The van der Waals surface area contributed by atoms with Crippen LogP contribution in [0.1, 0.15) is 16.8 Å². The molecule has 4 aromatic rings. The molecule has 2 saturated heterocycles. The minimum absolute atomic E-state index is 0.251. The molecule has 0 saturated carbocycles. The molecular weight excluding hydrogens is 404 g/mol. The minimum atomic E-state index is -0.251. The van der Waals surface area contributed by atoms with Crippen molar-refractivity contribution in [1.82, 2.24) is 30.0 Å². The van der Waals surface area contributed by atoms with Gasteiger partial charge in [-0.15, -0.1) is 0 Å². The van der Waals surface area contributed by atoms with Crippen molar-refractivity contribution in [2.24, 2.45) is 7.05 Å². The zero-order chi connectivity index (χ0) is 21.7. The van der Waals surface area contributed by atoms with Crippen LogP contribution in [0.25, 0.3) is 22.0 Å². The molecule has 1 aromatic carbocycles. The van der Waals surface area contributed by atoms with Gasteiger partial charge in [-0.2, -0.15) is 5.10 Å². The zero-order valence-electron chi connectivity index (χ0n) is 17.6. The van der Waals surface area contributed by atoms with E-state index < -0.39 is 0 Å². The summed E-state index contributed by atoms with van der Waals surface area (Å²) in [5, 5.41) is 11.4. The summed E-state index contributed by atoms with van der Waals surface area (Å²) in [5.41, 5.74) is 3.31. The Labute approximate surface area is 184 Å². The summed E-state index contributed by atoms with van der Waals surface area (Å²) in [5.74, 6) is 0.861. The fraction of sp³-hybridized carbons (Fsp3) is 0.261. The van der Waals surface area contributed by atoms with E-state index >= 15 is 0 Å². The van der Waals surface area contributed by atoms with Gasteiger partial charge in [0.25, 0.3) is 5.91 Å². The van der Waals surface area contributed by atoms with Crippen molar-refractivity contribution in [3.63, 3.8) is 0 Å². The third-order valence-electron chi connectivity index (χ3n) is 6.20. The fourth-order valence-electron chi connectivity index (χ4n) is 4.57. The standard InChI is InChI=1S/C23H22N8O/c1-30-12-17(10-27-30)14-2-3-16-9-26-23(28-20(16)6-14)29-22(32)15-4-5-24-21(7-15)31-13-18-8-19(31)11-25-18/h2-7,9-10,12,18-19,25H,8,11,13H2,1H3,(H,26,28,29,32). The lowest BCUT2D eigenvalue weighted by Crippen LogP contribution is -2.44. The Morgan fingerprint density at radius 2 is 2.09 bits per heavy atom. The zero-order valence-corrected chi connectivity index (χ0v) is 17.6. The Balaban J connectivity index is 1.24. The van der Waals surface area contributed by atoms with Gasteiger partial charge in [0.2, 0.25) is 5.95 Å². The number of amides is 1. The quantitative estimate of drug-likeness (QED) is 0.516. The van der Waals surface area contributed by atoms with Crippen LogP contribution in [0.2, 0.25) is 0 Å². The smallest absolute Gasteiger partial charge is 0.258 e. The van der Waals surface area contributed by atoms with E-state index in [1.54, 1.807) is 23.1 Å². The van der Waals surface area contributed by atoms with Gasteiger partial charge in [0.05, 0.1) is 11.7 Å². The van der Waals surface area contributed by atoms with Crippen molar-refractivity contribution in [3.8, 4) is 11.1 Å². The molecule has 2 aliphatic rings. The highest BCUT2D eigenvalue weighted by atomic mass is 16.1. The molecule has 1 amide bonds. The van der Waals surface area contributed by atoms with Gasteiger partial charge >= 0.3 is 0 Å². The molecular formula is C23H22N8O. The highest BCUT2D eigenvalue weighted by molar-refractivity contribution is 6.04. The van der Waals surface area contributed by atoms with Crippen LogP contribution in [-0.4, -0.2) is 55.8 Å². The molecule has 2 bridgehead atoms. The number of pyridine rings is 1. The number of aromatic nitrogens is 5. The first-order valence-corrected chi connectivity index (χ1v) is 10.7. The largest absolute Gasteiger partial charge is 0.351 e. The van der Waals surface area contributed by atoms with Crippen molar-refractivity contribution in [1.29, 1.82) is 0 Å². The fourth-order valence-corrected chi connectivity index (χ4v) is 4.57. The average Bonchev–Trinajstić information content (AvgIpc) is 3.56. The Morgan fingerprint density at radius 1 is 1.16 bits per heavy atom. The number of hydrogen-bond acceptors (Lipinski definition) is 7. The van der Waals surface area contributed by atoms with Crippen LogP contribution in [0.15, 0.2) is 55.1 Å². The molecule has 5 heterocycles. The van der Waals surface area contributed by atoms with Crippen LogP contribution in [-0.2, 0) is 7.05 Å². The molecule has 9 heteroatoms. The van der Waals surface area contributed by atoms with E-state index in [9.17, 15) is 4.79 Å². The molecule has 2 atom stereocenters. The van der Waals surface area contributed by atoms with Crippen molar-refractivity contribution in [3.05, 3.63) is 60.7 Å². The van der Waals surface area contributed by atoms with Crippen LogP contribution >= 0.6 is 0 Å². The van der Waals surface area contributed by atoms with Crippen LogP contribution in [0.3, 0.4) is 0 Å². The second-order valence-electron chi connectivity index (χ2n) is 8.37. The van der Waals surface area contributed by atoms with E-state index in [2.05, 4.69) is 35.6 Å². The van der Waals surface area contributed by atoms with E-state index in [0.717, 1.165) is 47.4 Å². The number of rotatable bonds is 4. The van der Waals surface area contributed by atoms with Crippen molar-refractivity contribution >= 4 is 28.6 Å². The summed E-state index contributed by atoms with van der Waals surface area (Å²) < 4.78 is 1.76. The number of hydrogen-bond donors (Lipinski definition) is 2. The van der Waals surface area contributed by atoms with Gasteiger partial charge in [-0.3, -0.25) is 14.8 Å². The Kier molecular flexibility index (Phi) is 4.36. The predicted molar refractivity (Wildman–Crippen MR) is 121 cm³/mol. The number of anilines is 2. The Bertz CT molecular complexity index is 1330. The molecule has 32 heavy (non-hydrogen) atoms. The minimum Gasteiger partial charge on any atom is -0.351 e. The Morgan fingerprint density at radius 3 is 2.88 bits per heavy atom. The summed E-state index contributed by atoms with van der Waals surface area (Å²) in [6, 6.07) is 10.5. The molecule has 0 spiro atoms. The van der Waals surface area contributed by atoms with E-state index in [1.807, 2.05) is 43.7 Å². The number of carbonyl (C=O) groups excluding carboxylic acids is 1. The topological polar surface area (TPSA) is 101 Å². The number of carbonyl (C=O) groups is 1. The molecule has 6 rings (SSSR count). The predicted octanol–water partition coefficient (Wildman–Crippen LogP) is 2.23. The van der Waals surface area contributed by atoms with Crippen LogP contribution in [0.5, 0.6) is 0 Å². The van der Waals surface area contributed by atoms with Crippen LogP contribution < -0.4 is 15.5 Å². The number of fused-ring (bicyclic) bond motifs is 3. The Hall–Kier alpha value is -3.85. The van der Waals surface area contributed by atoms with Crippen molar-refractivity contribution in [2.75, 3.05) is 23.3 Å². The van der Waals surface area contributed by atoms with E-state index in [0.29, 0.717) is 17.6 Å². The molecule has 2 aliphatic heterocycles. The maximum atomic E-state index is 12.9. The molecule has 160 valence electrons. The van der Waals surface area contributed by atoms with Crippen LogP contribution in [0, 0.1) is 0 Å². The highest BCUT2D eigenvalue weighted by Gasteiger charge is 2.38. The second-order valence-corrected chi connectivity index (χ2v) is 8.37. The maximum absolute atomic E-state index is 12.9. The van der Waals surface area contributed by atoms with Crippen molar-refractivity contribution in [2.45, 2.75) is 18.5 Å². The summed E-state index contributed by atoms with van der Waals surface area (Å²) in [7, 11) is 1.88. The van der Waals surface area contributed by atoms with E-state index in [1.165, 1.54) is 0 Å². The molecule has 0 radical (unpaired) electrons. The van der Waals surface area contributed by atoms with E-state index in [-0.39, 0.29) is 11.9 Å². The van der Waals surface area contributed by atoms with Gasteiger partial charge in [-0.05, 0) is 30.2 Å². The summed E-state index contributed by atoms with van der Waals surface area (Å²) >= 11 is 0. The summed E-state index contributed by atoms with van der Waals surface area (Å²) in [4.78, 5) is 28.6. The highest BCUT2D eigenvalue weighted by Crippen LogP contribution is 2.28. The number of piperazine rings is 1. The molecule has 2 unspecified atom stereocenters. The monoisotopic (exact) mass is 426 g/mol. The molecule has 3 aromatic heterocycles. The SMILES string of the molecule is Cn1cc(-c2ccc3cnc(NC(=O)c4ccnc(N5CC6CC5CN6)c4)nc3c2)cn1. The molecule has 2 fully saturated rings. The third-order valence-corrected chi connectivity index (χ3v) is 6.20. The van der Waals surface area contributed by atoms with Crippen molar-refractivity contribution < 1.29 is 4.79 Å². The first-order valence-electron chi connectivity index (χ1n) is 10.7. The average molecular weight is 426 g/mol. The lowest BCUT2D eigenvalue weighted by atomic mass is 10.1. The maximum Gasteiger partial charge on any atom is 0.258 e. The first-order chi connectivity index (χ1) is 15.6. The van der Waals surface area contributed by atoms with Gasteiger partial charge < -0.3 is 10.2 Å². The third kappa shape index (κ3) is 3.36. The number of nitrogens with one attached hydrogen (secondary N) is 2. The molecule has 2 N–H and O–H groups in total. The lowest BCUT2D eigenvalue weighted by molar-refractivity contribution is 0.102. The molecule has 9 nitrogen and oxygen atoms in total. The van der Waals surface area contributed by atoms with E-state index in [4.69, 9.17) is 0 Å². The van der Waals surface area contributed by atoms with Crippen LogP contribution in [0.4, 0.5) is 11.8 Å².